The Hall–Kier alpha value is -2.57. The Morgan fingerprint density at radius 3 is 2.33 bits per heavy atom. The molecule has 2 rings (SSSR count). The predicted octanol–water partition coefficient (Wildman–Crippen LogP) is 4.34. The number of rotatable bonds is 3. The summed E-state index contributed by atoms with van der Waals surface area (Å²) in [7, 11) is 0. The molecule has 0 unspecified atom stereocenters. The van der Waals surface area contributed by atoms with Crippen LogP contribution in [0.5, 0.6) is 11.5 Å². The van der Waals surface area contributed by atoms with E-state index in [-0.39, 0.29) is 5.75 Å². The third kappa shape index (κ3) is 3.31. The summed E-state index contributed by atoms with van der Waals surface area (Å²) in [6, 6.07) is 6.89. The standard InChI is InChI=1S/C14H8F4O3/c15-8-5-6-11(9(7-8)13(19)20)21-12-4-2-1-3-10(12)14(16,17)18/h1-7H,(H,19,20). The van der Waals surface area contributed by atoms with E-state index in [1.165, 1.54) is 12.1 Å². The number of carbonyl (C=O) groups is 1. The normalized spacial score (nSPS) is 11.2. The zero-order valence-electron chi connectivity index (χ0n) is 10.3. The van der Waals surface area contributed by atoms with Gasteiger partial charge in [0, 0.05) is 0 Å². The Labute approximate surface area is 116 Å². The molecule has 3 nitrogen and oxygen atoms in total. The van der Waals surface area contributed by atoms with Crippen molar-refractivity contribution in [2.24, 2.45) is 0 Å². The number of aromatic carboxylic acids is 1. The molecule has 0 spiro atoms. The van der Waals surface area contributed by atoms with E-state index in [0.717, 1.165) is 24.3 Å². The Morgan fingerprint density at radius 1 is 1.05 bits per heavy atom. The van der Waals surface area contributed by atoms with Crippen LogP contribution in [-0.2, 0) is 6.18 Å². The van der Waals surface area contributed by atoms with Gasteiger partial charge < -0.3 is 9.84 Å². The molecule has 0 saturated carbocycles. The van der Waals surface area contributed by atoms with E-state index in [4.69, 9.17) is 9.84 Å². The first-order chi connectivity index (χ1) is 9.79. The summed E-state index contributed by atoms with van der Waals surface area (Å²) in [6.45, 7) is 0. The summed E-state index contributed by atoms with van der Waals surface area (Å²) in [6.07, 6.45) is -4.65. The average Bonchev–Trinajstić information content (AvgIpc) is 2.40. The lowest BCUT2D eigenvalue weighted by Gasteiger charge is -2.14. The first kappa shape index (κ1) is 14.8. The predicted molar refractivity (Wildman–Crippen MR) is 64.9 cm³/mol. The third-order valence-electron chi connectivity index (χ3n) is 2.58. The minimum absolute atomic E-state index is 0.374. The molecule has 0 amide bonds. The monoisotopic (exact) mass is 300 g/mol. The van der Waals surface area contributed by atoms with Gasteiger partial charge in [0.2, 0.25) is 0 Å². The van der Waals surface area contributed by atoms with Crippen LogP contribution < -0.4 is 4.74 Å². The first-order valence-electron chi connectivity index (χ1n) is 5.66. The highest BCUT2D eigenvalue weighted by atomic mass is 19.4. The Bertz CT molecular complexity index is 680. The average molecular weight is 300 g/mol. The van der Waals surface area contributed by atoms with Crippen LogP contribution in [0.4, 0.5) is 17.6 Å². The summed E-state index contributed by atoms with van der Waals surface area (Å²) in [4.78, 5) is 11.0. The van der Waals surface area contributed by atoms with Crippen molar-refractivity contribution in [1.29, 1.82) is 0 Å². The van der Waals surface area contributed by atoms with Gasteiger partial charge in [-0.1, -0.05) is 12.1 Å². The lowest BCUT2D eigenvalue weighted by molar-refractivity contribution is -0.138. The zero-order chi connectivity index (χ0) is 15.6. The molecule has 7 heteroatoms. The Balaban J connectivity index is 2.47. The van der Waals surface area contributed by atoms with Gasteiger partial charge in [-0.15, -0.1) is 0 Å². The smallest absolute Gasteiger partial charge is 0.419 e. The highest BCUT2D eigenvalue weighted by Crippen LogP contribution is 2.38. The van der Waals surface area contributed by atoms with Gasteiger partial charge in [-0.05, 0) is 30.3 Å². The summed E-state index contributed by atoms with van der Waals surface area (Å²) < 4.78 is 56.5. The molecule has 0 saturated heterocycles. The van der Waals surface area contributed by atoms with Crippen molar-refractivity contribution >= 4 is 5.97 Å². The van der Waals surface area contributed by atoms with Crippen LogP contribution in [0.2, 0.25) is 0 Å². The minimum Gasteiger partial charge on any atom is -0.478 e. The van der Waals surface area contributed by atoms with Crippen LogP contribution >= 0.6 is 0 Å². The molecule has 0 aliphatic rings. The molecule has 0 heterocycles. The Morgan fingerprint density at radius 2 is 1.71 bits per heavy atom. The van der Waals surface area contributed by atoms with Crippen molar-refractivity contribution in [3.05, 3.63) is 59.4 Å². The van der Waals surface area contributed by atoms with Gasteiger partial charge >= 0.3 is 12.1 Å². The molecule has 21 heavy (non-hydrogen) atoms. The van der Waals surface area contributed by atoms with Crippen LogP contribution in [0, 0.1) is 5.82 Å². The fourth-order valence-corrected chi connectivity index (χ4v) is 1.67. The first-order valence-corrected chi connectivity index (χ1v) is 5.66. The van der Waals surface area contributed by atoms with Crippen LogP contribution in [0.25, 0.3) is 0 Å². The highest BCUT2D eigenvalue weighted by Gasteiger charge is 2.34. The number of ether oxygens (including phenoxy) is 1. The van der Waals surface area contributed by atoms with E-state index in [1.54, 1.807) is 0 Å². The lowest BCUT2D eigenvalue weighted by Crippen LogP contribution is -2.08. The summed E-state index contributed by atoms with van der Waals surface area (Å²) in [5.74, 6) is -3.27. The van der Waals surface area contributed by atoms with Crippen molar-refractivity contribution in [3.63, 3.8) is 0 Å². The molecule has 2 aromatic rings. The maximum absolute atomic E-state index is 13.0. The fourth-order valence-electron chi connectivity index (χ4n) is 1.67. The molecule has 1 N–H and O–H groups in total. The van der Waals surface area contributed by atoms with Crippen molar-refractivity contribution in [2.75, 3.05) is 0 Å². The van der Waals surface area contributed by atoms with E-state index >= 15 is 0 Å². The van der Waals surface area contributed by atoms with Gasteiger partial charge in [0.15, 0.2) is 0 Å². The number of benzene rings is 2. The van der Waals surface area contributed by atoms with E-state index in [1.807, 2.05) is 0 Å². The van der Waals surface area contributed by atoms with Gasteiger partial charge in [-0.2, -0.15) is 13.2 Å². The van der Waals surface area contributed by atoms with Crippen LogP contribution in [0.1, 0.15) is 15.9 Å². The second-order valence-corrected chi connectivity index (χ2v) is 4.04. The van der Waals surface area contributed by atoms with Gasteiger partial charge in [0.1, 0.15) is 22.9 Å². The summed E-state index contributed by atoms with van der Waals surface area (Å²) >= 11 is 0. The van der Waals surface area contributed by atoms with Crippen molar-refractivity contribution in [1.82, 2.24) is 0 Å². The zero-order valence-corrected chi connectivity index (χ0v) is 10.3. The number of alkyl halides is 3. The second-order valence-electron chi connectivity index (χ2n) is 4.04. The molecular weight excluding hydrogens is 292 g/mol. The molecule has 0 bridgehead atoms. The van der Waals surface area contributed by atoms with Gasteiger partial charge in [0.25, 0.3) is 0 Å². The molecule has 0 aliphatic carbocycles. The van der Waals surface area contributed by atoms with E-state index in [2.05, 4.69) is 0 Å². The van der Waals surface area contributed by atoms with E-state index < -0.39 is 34.8 Å². The quantitative estimate of drug-likeness (QED) is 0.858. The van der Waals surface area contributed by atoms with E-state index in [0.29, 0.717) is 6.07 Å². The number of carboxylic acid groups (broad SMARTS) is 1. The third-order valence-corrected chi connectivity index (χ3v) is 2.58. The van der Waals surface area contributed by atoms with Crippen molar-refractivity contribution in [2.45, 2.75) is 6.18 Å². The number of halogens is 4. The van der Waals surface area contributed by atoms with Crippen LogP contribution in [-0.4, -0.2) is 11.1 Å². The molecule has 0 radical (unpaired) electrons. The van der Waals surface area contributed by atoms with Gasteiger partial charge in [-0.25, -0.2) is 9.18 Å². The fraction of sp³-hybridized carbons (Fsp3) is 0.0714. The summed E-state index contributed by atoms with van der Waals surface area (Å²) in [5, 5.41) is 8.93. The lowest BCUT2D eigenvalue weighted by atomic mass is 10.1. The van der Waals surface area contributed by atoms with Crippen LogP contribution in [0.3, 0.4) is 0 Å². The minimum atomic E-state index is -4.65. The Kier molecular flexibility index (Phi) is 3.84. The molecule has 0 fully saturated rings. The SMILES string of the molecule is O=C(O)c1cc(F)ccc1Oc1ccccc1C(F)(F)F. The van der Waals surface area contributed by atoms with Crippen LogP contribution in [0.15, 0.2) is 42.5 Å². The summed E-state index contributed by atoms with van der Waals surface area (Å²) in [5.41, 5.74) is -1.61. The maximum atomic E-state index is 13.0. The van der Waals surface area contributed by atoms with E-state index in [9.17, 15) is 22.4 Å². The topological polar surface area (TPSA) is 46.5 Å². The number of carboxylic acids is 1. The largest absolute Gasteiger partial charge is 0.478 e. The molecule has 0 aliphatic heterocycles. The van der Waals surface area contributed by atoms with Crippen molar-refractivity contribution in [3.8, 4) is 11.5 Å². The second kappa shape index (κ2) is 5.43. The molecule has 110 valence electrons. The molecular formula is C14H8F4O3. The van der Waals surface area contributed by atoms with Gasteiger partial charge in [0.05, 0.1) is 5.56 Å². The number of hydrogen-bond donors (Lipinski definition) is 1. The number of hydrogen-bond acceptors (Lipinski definition) is 2. The maximum Gasteiger partial charge on any atom is 0.419 e. The molecule has 0 atom stereocenters. The van der Waals surface area contributed by atoms with Gasteiger partial charge in [-0.3, -0.25) is 0 Å². The highest BCUT2D eigenvalue weighted by molar-refractivity contribution is 5.91. The molecule has 0 aromatic heterocycles. The molecule has 2 aromatic carbocycles. The number of para-hydroxylation sites is 1. The van der Waals surface area contributed by atoms with Crippen molar-refractivity contribution < 1.29 is 32.2 Å².